The second kappa shape index (κ2) is 4.42. The first-order valence-corrected chi connectivity index (χ1v) is 7.85. The molecule has 0 unspecified atom stereocenters. The van der Waals surface area contributed by atoms with Gasteiger partial charge in [0.25, 0.3) is 0 Å². The summed E-state index contributed by atoms with van der Waals surface area (Å²) in [6.07, 6.45) is 2.73. The van der Waals surface area contributed by atoms with Crippen LogP contribution in [0.25, 0.3) is 0 Å². The first kappa shape index (κ1) is 14.8. The molecule has 3 aliphatic rings. The fourth-order valence-electron chi connectivity index (χ4n) is 3.55. The van der Waals surface area contributed by atoms with Gasteiger partial charge in [0, 0.05) is 5.41 Å². The van der Waals surface area contributed by atoms with Gasteiger partial charge < -0.3 is 9.47 Å². The van der Waals surface area contributed by atoms with Gasteiger partial charge in [0.2, 0.25) is 0 Å². The first-order chi connectivity index (χ1) is 9.10. The van der Waals surface area contributed by atoms with Crippen molar-refractivity contribution in [1.82, 2.24) is 5.06 Å². The van der Waals surface area contributed by atoms with Crippen molar-refractivity contribution in [3.8, 4) is 0 Å². The molecule has 0 radical (unpaired) electrons. The van der Waals surface area contributed by atoms with Gasteiger partial charge in [0.05, 0.1) is 30.4 Å². The summed E-state index contributed by atoms with van der Waals surface area (Å²) < 4.78 is 12.7. The van der Waals surface area contributed by atoms with Crippen LogP contribution < -0.4 is 0 Å². The van der Waals surface area contributed by atoms with E-state index >= 15 is 0 Å². The van der Waals surface area contributed by atoms with E-state index in [-0.39, 0.29) is 23.4 Å². The first-order valence-electron chi connectivity index (χ1n) is 7.85. The summed E-state index contributed by atoms with van der Waals surface area (Å²) in [7, 11) is 0. The number of hydrogen-bond donors (Lipinski definition) is 0. The maximum atomic E-state index is 6.40. The molecule has 2 aliphatic heterocycles. The number of nitrogens with zero attached hydrogens (tertiary/aromatic N) is 1. The molecule has 3 fully saturated rings. The lowest BCUT2D eigenvalue weighted by Crippen LogP contribution is -2.46. The fourth-order valence-corrected chi connectivity index (χ4v) is 3.55. The molecule has 0 aromatic heterocycles. The van der Waals surface area contributed by atoms with E-state index in [4.69, 9.17) is 14.3 Å². The third-order valence-corrected chi connectivity index (χ3v) is 4.38. The Morgan fingerprint density at radius 1 is 1.00 bits per heavy atom. The number of hydroxylamine groups is 2. The molecule has 0 aromatic carbocycles. The van der Waals surface area contributed by atoms with Crippen LogP contribution in [0.2, 0.25) is 0 Å². The van der Waals surface area contributed by atoms with Gasteiger partial charge in [0.1, 0.15) is 12.2 Å². The summed E-state index contributed by atoms with van der Waals surface area (Å²) in [5.41, 5.74) is 0.0331. The van der Waals surface area contributed by atoms with Gasteiger partial charge >= 0.3 is 0 Å². The van der Waals surface area contributed by atoms with Crippen LogP contribution in [0.4, 0.5) is 0 Å². The van der Waals surface area contributed by atoms with E-state index in [9.17, 15) is 0 Å². The van der Waals surface area contributed by atoms with E-state index in [1.165, 1.54) is 12.8 Å². The molecule has 1 spiro atoms. The van der Waals surface area contributed by atoms with Gasteiger partial charge in [-0.2, -0.15) is 5.06 Å². The Morgan fingerprint density at radius 3 is 2.10 bits per heavy atom. The van der Waals surface area contributed by atoms with Crippen LogP contribution in [0.5, 0.6) is 0 Å². The van der Waals surface area contributed by atoms with E-state index in [1.807, 2.05) is 0 Å². The quantitative estimate of drug-likeness (QED) is 0.780. The van der Waals surface area contributed by atoms with E-state index in [0.29, 0.717) is 11.5 Å². The van der Waals surface area contributed by atoms with Gasteiger partial charge in [-0.3, -0.25) is 4.84 Å². The smallest absolute Gasteiger partial charge is 0.104 e. The molecular weight excluding hydrogens is 254 g/mol. The second-order valence-corrected chi connectivity index (χ2v) is 8.64. The van der Waals surface area contributed by atoms with Crippen LogP contribution in [0.1, 0.15) is 54.4 Å². The van der Waals surface area contributed by atoms with Crippen molar-refractivity contribution in [3.63, 3.8) is 0 Å². The van der Waals surface area contributed by atoms with Crippen molar-refractivity contribution in [3.05, 3.63) is 0 Å². The zero-order chi connectivity index (χ0) is 14.8. The van der Waals surface area contributed by atoms with E-state index < -0.39 is 0 Å². The summed E-state index contributed by atoms with van der Waals surface area (Å²) in [5.74, 6) is 0. The molecule has 0 aromatic rings. The third-order valence-electron chi connectivity index (χ3n) is 4.38. The Labute approximate surface area is 122 Å². The molecular formula is C16H29NO3. The molecule has 4 nitrogen and oxygen atoms in total. The summed E-state index contributed by atoms with van der Waals surface area (Å²) >= 11 is 0. The lowest BCUT2D eigenvalue weighted by Gasteiger charge is -2.35. The lowest BCUT2D eigenvalue weighted by atomic mass is 9.93. The van der Waals surface area contributed by atoms with Crippen molar-refractivity contribution >= 4 is 0 Å². The summed E-state index contributed by atoms with van der Waals surface area (Å²) in [5, 5.41) is 2.14. The number of fused-ring (bicyclic) bond motifs is 2. The average Bonchev–Trinajstić information content (AvgIpc) is 2.82. The molecule has 0 bridgehead atoms. The predicted molar refractivity (Wildman–Crippen MR) is 77.4 cm³/mol. The van der Waals surface area contributed by atoms with Crippen molar-refractivity contribution in [2.45, 2.75) is 83.8 Å². The normalized spacial score (nSPS) is 36.6. The van der Waals surface area contributed by atoms with Crippen LogP contribution in [-0.4, -0.2) is 47.7 Å². The van der Waals surface area contributed by atoms with Gasteiger partial charge in [-0.1, -0.05) is 0 Å². The number of hydrogen-bond acceptors (Lipinski definition) is 4. The van der Waals surface area contributed by atoms with Crippen LogP contribution >= 0.6 is 0 Å². The van der Waals surface area contributed by atoms with Crippen molar-refractivity contribution in [2.75, 3.05) is 13.2 Å². The molecule has 2 saturated heterocycles. The SMILES string of the molecule is CC(C)(C)O[C@@H]1[C@@H]2N(C[C@H]1OC(C)(C)C)OCC21CC1. The summed E-state index contributed by atoms with van der Waals surface area (Å²) in [4.78, 5) is 5.92. The highest BCUT2D eigenvalue weighted by Gasteiger charge is 2.65. The Bertz CT molecular complexity index is 378. The molecule has 1 aliphatic carbocycles. The Hall–Kier alpha value is -0.160. The zero-order valence-corrected chi connectivity index (χ0v) is 13.7. The highest BCUT2D eigenvalue weighted by molar-refractivity contribution is 5.13. The molecule has 0 N–H and O–H groups in total. The summed E-state index contributed by atoms with van der Waals surface area (Å²) in [6, 6.07) is 0.370. The standard InChI is InChI=1S/C16H29NO3/c1-14(2,3)19-11-9-17-13(12(11)20-15(4,5)6)16(7-8-16)10-18-17/h11-13H,7-10H2,1-6H3/t11-,12+,13+/m1/s1. The Balaban J connectivity index is 1.81. The van der Waals surface area contributed by atoms with Gasteiger partial charge in [-0.15, -0.1) is 0 Å². The molecule has 2 heterocycles. The van der Waals surface area contributed by atoms with Crippen LogP contribution in [0.15, 0.2) is 0 Å². The Kier molecular flexibility index (Phi) is 3.26. The van der Waals surface area contributed by atoms with Gasteiger partial charge in [-0.25, -0.2) is 0 Å². The van der Waals surface area contributed by atoms with E-state index in [2.05, 4.69) is 46.6 Å². The maximum absolute atomic E-state index is 6.40. The van der Waals surface area contributed by atoms with E-state index in [1.54, 1.807) is 0 Å². The lowest BCUT2D eigenvalue weighted by molar-refractivity contribution is -0.154. The van der Waals surface area contributed by atoms with Crippen molar-refractivity contribution in [2.24, 2.45) is 5.41 Å². The largest absolute Gasteiger partial charge is 0.368 e. The minimum Gasteiger partial charge on any atom is -0.368 e. The highest BCUT2D eigenvalue weighted by atomic mass is 16.7. The minimum absolute atomic E-state index is 0.0944. The van der Waals surface area contributed by atoms with Gasteiger partial charge in [-0.05, 0) is 54.4 Å². The molecule has 20 heavy (non-hydrogen) atoms. The zero-order valence-electron chi connectivity index (χ0n) is 13.7. The molecule has 3 rings (SSSR count). The number of rotatable bonds is 2. The highest BCUT2D eigenvalue weighted by Crippen LogP contribution is 2.58. The number of ether oxygens (including phenoxy) is 2. The molecule has 1 saturated carbocycles. The molecule has 0 amide bonds. The fraction of sp³-hybridized carbons (Fsp3) is 1.00. The maximum Gasteiger partial charge on any atom is 0.104 e. The van der Waals surface area contributed by atoms with Crippen LogP contribution in [0, 0.1) is 5.41 Å². The van der Waals surface area contributed by atoms with Crippen molar-refractivity contribution in [1.29, 1.82) is 0 Å². The van der Waals surface area contributed by atoms with Crippen LogP contribution in [0.3, 0.4) is 0 Å². The molecule has 3 atom stereocenters. The second-order valence-electron chi connectivity index (χ2n) is 8.64. The topological polar surface area (TPSA) is 30.9 Å². The Morgan fingerprint density at radius 2 is 1.60 bits per heavy atom. The molecule has 4 heteroatoms. The third kappa shape index (κ3) is 2.76. The van der Waals surface area contributed by atoms with Crippen molar-refractivity contribution < 1.29 is 14.3 Å². The summed E-state index contributed by atoms with van der Waals surface area (Å²) in [6.45, 7) is 14.4. The monoisotopic (exact) mass is 283 g/mol. The van der Waals surface area contributed by atoms with Gasteiger partial charge in [0.15, 0.2) is 0 Å². The van der Waals surface area contributed by atoms with Crippen LogP contribution in [-0.2, 0) is 14.3 Å². The van der Waals surface area contributed by atoms with E-state index in [0.717, 1.165) is 13.2 Å². The predicted octanol–water partition coefficient (Wildman–Crippen LogP) is 2.76. The minimum atomic E-state index is -0.154. The molecule has 116 valence electrons. The average molecular weight is 283 g/mol.